The third-order valence-corrected chi connectivity index (χ3v) is 2.80. The lowest BCUT2D eigenvalue weighted by Gasteiger charge is -2.10. The summed E-state index contributed by atoms with van der Waals surface area (Å²) in [6, 6.07) is 3.43. The highest BCUT2D eigenvalue weighted by Crippen LogP contribution is 2.34. The third-order valence-electron chi connectivity index (χ3n) is 2.47. The van der Waals surface area contributed by atoms with Gasteiger partial charge in [0.15, 0.2) is 5.82 Å². The molecule has 90 valence electrons. The number of aryl methyl sites for hydroxylation is 1. The lowest BCUT2D eigenvalue weighted by molar-refractivity contribution is 0.416. The number of benzene rings is 1. The Kier molecular flexibility index (Phi) is 3.19. The zero-order valence-corrected chi connectivity index (χ0v) is 10.4. The zero-order valence-electron chi connectivity index (χ0n) is 9.64. The van der Waals surface area contributed by atoms with Crippen molar-refractivity contribution in [1.82, 2.24) is 14.8 Å². The Morgan fingerprint density at radius 3 is 2.88 bits per heavy atom. The summed E-state index contributed by atoms with van der Waals surface area (Å²) in [5.41, 5.74) is 7.00. The molecule has 0 saturated heterocycles. The van der Waals surface area contributed by atoms with Crippen LogP contribution in [0.5, 0.6) is 5.75 Å². The Hall–Kier alpha value is -1.75. The molecule has 2 rings (SSSR count). The molecule has 2 aromatic rings. The maximum atomic E-state index is 6.02. The number of nitrogen functional groups attached to an aromatic ring is 1. The van der Waals surface area contributed by atoms with Crippen LogP contribution >= 0.6 is 11.6 Å². The lowest BCUT2D eigenvalue weighted by atomic mass is 10.1. The summed E-state index contributed by atoms with van der Waals surface area (Å²) in [4.78, 5) is 4.21. The van der Waals surface area contributed by atoms with Crippen LogP contribution < -0.4 is 10.5 Å². The molecule has 1 aromatic carbocycles. The van der Waals surface area contributed by atoms with Gasteiger partial charge in [-0.1, -0.05) is 11.6 Å². The molecule has 0 radical (unpaired) electrons. The Morgan fingerprint density at radius 2 is 2.24 bits per heavy atom. The topological polar surface area (TPSA) is 66.0 Å². The third kappa shape index (κ3) is 2.06. The molecule has 0 aliphatic rings. The summed E-state index contributed by atoms with van der Waals surface area (Å²) in [6.07, 6.45) is 1.50. The monoisotopic (exact) mass is 252 g/mol. The Bertz CT molecular complexity index is 538. The summed E-state index contributed by atoms with van der Waals surface area (Å²) in [5.74, 6) is 1.35. The molecule has 0 aliphatic heterocycles. The van der Waals surface area contributed by atoms with Crippen molar-refractivity contribution in [1.29, 1.82) is 0 Å². The van der Waals surface area contributed by atoms with E-state index in [1.54, 1.807) is 23.9 Å². The first-order valence-corrected chi connectivity index (χ1v) is 5.56. The van der Waals surface area contributed by atoms with Gasteiger partial charge >= 0.3 is 0 Å². The summed E-state index contributed by atoms with van der Waals surface area (Å²) < 4.78 is 7.05. The quantitative estimate of drug-likeness (QED) is 0.851. The van der Waals surface area contributed by atoms with Crippen LogP contribution in [0, 0.1) is 0 Å². The number of hydrogen-bond acceptors (Lipinski definition) is 4. The van der Waals surface area contributed by atoms with E-state index in [4.69, 9.17) is 22.1 Å². The van der Waals surface area contributed by atoms with Crippen molar-refractivity contribution in [3.63, 3.8) is 0 Å². The van der Waals surface area contributed by atoms with Crippen LogP contribution in [0.1, 0.15) is 6.92 Å². The molecule has 0 amide bonds. The van der Waals surface area contributed by atoms with Gasteiger partial charge in [0, 0.05) is 12.6 Å². The van der Waals surface area contributed by atoms with Crippen molar-refractivity contribution in [2.75, 3.05) is 12.8 Å². The number of methoxy groups -OCH3 is 1. The average molecular weight is 253 g/mol. The van der Waals surface area contributed by atoms with Crippen molar-refractivity contribution in [3.8, 4) is 17.1 Å². The number of aromatic nitrogens is 3. The SMILES string of the molecule is CCn1ncnc1-c1cc(Cl)c(N)cc1OC. The van der Waals surface area contributed by atoms with E-state index in [0.717, 1.165) is 12.1 Å². The van der Waals surface area contributed by atoms with Gasteiger partial charge < -0.3 is 10.5 Å². The minimum atomic E-state index is 0.478. The highest BCUT2D eigenvalue weighted by atomic mass is 35.5. The van der Waals surface area contributed by atoms with Crippen molar-refractivity contribution < 1.29 is 4.74 Å². The van der Waals surface area contributed by atoms with E-state index >= 15 is 0 Å². The first kappa shape index (κ1) is 11.7. The molecule has 0 atom stereocenters. The first-order valence-electron chi connectivity index (χ1n) is 5.18. The molecule has 1 aromatic heterocycles. The van der Waals surface area contributed by atoms with E-state index in [9.17, 15) is 0 Å². The maximum absolute atomic E-state index is 6.02. The molecular weight excluding hydrogens is 240 g/mol. The molecule has 0 unspecified atom stereocenters. The number of hydrogen-bond donors (Lipinski definition) is 1. The highest BCUT2D eigenvalue weighted by molar-refractivity contribution is 6.33. The first-order chi connectivity index (χ1) is 8.17. The molecule has 6 heteroatoms. The average Bonchev–Trinajstić information content (AvgIpc) is 2.80. The summed E-state index contributed by atoms with van der Waals surface area (Å²) >= 11 is 6.02. The van der Waals surface area contributed by atoms with E-state index in [2.05, 4.69) is 10.1 Å². The summed E-state index contributed by atoms with van der Waals surface area (Å²) in [6.45, 7) is 2.71. The molecule has 0 spiro atoms. The van der Waals surface area contributed by atoms with Crippen molar-refractivity contribution >= 4 is 17.3 Å². The van der Waals surface area contributed by atoms with Crippen LogP contribution in [0.4, 0.5) is 5.69 Å². The minimum absolute atomic E-state index is 0.478. The second kappa shape index (κ2) is 4.63. The van der Waals surface area contributed by atoms with Gasteiger partial charge in [0.2, 0.25) is 0 Å². The van der Waals surface area contributed by atoms with E-state index in [1.807, 2.05) is 6.92 Å². The highest BCUT2D eigenvalue weighted by Gasteiger charge is 2.14. The van der Waals surface area contributed by atoms with E-state index in [0.29, 0.717) is 22.3 Å². The summed E-state index contributed by atoms with van der Waals surface area (Å²) in [7, 11) is 1.58. The molecule has 17 heavy (non-hydrogen) atoms. The van der Waals surface area contributed by atoms with Crippen LogP contribution in [0.2, 0.25) is 5.02 Å². The molecule has 0 saturated carbocycles. The van der Waals surface area contributed by atoms with Gasteiger partial charge in [0.05, 0.1) is 23.4 Å². The van der Waals surface area contributed by atoms with Crippen LogP contribution in [0.25, 0.3) is 11.4 Å². The maximum Gasteiger partial charge on any atom is 0.161 e. The van der Waals surface area contributed by atoms with Gasteiger partial charge in [-0.2, -0.15) is 5.10 Å². The van der Waals surface area contributed by atoms with Gasteiger partial charge in [-0.05, 0) is 13.0 Å². The summed E-state index contributed by atoms with van der Waals surface area (Å²) in [5, 5.41) is 4.59. The number of halogens is 1. The van der Waals surface area contributed by atoms with Gasteiger partial charge in [-0.15, -0.1) is 0 Å². The van der Waals surface area contributed by atoms with Gasteiger partial charge in [-0.3, -0.25) is 0 Å². The number of nitrogens with zero attached hydrogens (tertiary/aromatic N) is 3. The fourth-order valence-electron chi connectivity index (χ4n) is 1.62. The molecular formula is C11H13ClN4O. The normalized spacial score (nSPS) is 10.5. The van der Waals surface area contributed by atoms with Crippen molar-refractivity contribution in [3.05, 3.63) is 23.5 Å². The molecule has 0 fully saturated rings. The molecule has 5 nitrogen and oxygen atoms in total. The van der Waals surface area contributed by atoms with Gasteiger partial charge in [-0.25, -0.2) is 9.67 Å². The number of nitrogens with two attached hydrogens (primary N) is 1. The van der Waals surface area contributed by atoms with Crippen LogP contribution in [-0.4, -0.2) is 21.9 Å². The minimum Gasteiger partial charge on any atom is -0.496 e. The van der Waals surface area contributed by atoms with E-state index in [1.165, 1.54) is 6.33 Å². The number of anilines is 1. The van der Waals surface area contributed by atoms with Crippen LogP contribution in [-0.2, 0) is 6.54 Å². The number of rotatable bonds is 3. The molecule has 0 aliphatic carbocycles. The fourth-order valence-corrected chi connectivity index (χ4v) is 1.78. The smallest absolute Gasteiger partial charge is 0.161 e. The predicted molar refractivity (Wildman–Crippen MR) is 67.1 cm³/mol. The molecule has 1 heterocycles. The van der Waals surface area contributed by atoms with Gasteiger partial charge in [0.1, 0.15) is 12.1 Å². The Morgan fingerprint density at radius 1 is 1.47 bits per heavy atom. The number of ether oxygens (including phenoxy) is 1. The molecule has 2 N–H and O–H groups in total. The van der Waals surface area contributed by atoms with Crippen molar-refractivity contribution in [2.45, 2.75) is 13.5 Å². The fraction of sp³-hybridized carbons (Fsp3) is 0.273. The predicted octanol–water partition coefficient (Wildman–Crippen LogP) is 2.21. The Balaban J connectivity index is 2.62. The van der Waals surface area contributed by atoms with Gasteiger partial charge in [0.25, 0.3) is 0 Å². The van der Waals surface area contributed by atoms with Crippen LogP contribution in [0.3, 0.4) is 0 Å². The second-order valence-corrected chi connectivity index (χ2v) is 3.88. The standard InChI is InChI=1S/C11H13ClN4O/c1-3-16-11(14-6-15-16)7-4-8(12)9(13)5-10(7)17-2/h4-6H,3,13H2,1-2H3. The zero-order chi connectivity index (χ0) is 12.4. The lowest BCUT2D eigenvalue weighted by Crippen LogP contribution is -2.01. The largest absolute Gasteiger partial charge is 0.496 e. The van der Waals surface area contributed by atoms with E-state index < -0.39 is 0 Å². The van der Waals surface area contributed by atoms with Crippen molar-refractivity contribution in [2.24, 2.45) is 0 Å². The second-order valence-electron chi connectivity index (χ2n) is 3.47. The van der Waals surface area contributed by atoms with E-state index in [-0.39, 0.29) is 0 Å². The van der Waals surface area contributed by atoms with Crippen LogP contribution in [0.15, 0.2) is 18.5 Å². The molecule has 0 bridgehead atoms. The Labute approximate surface area is 104 Å².